The van der Waals surface area contributed by atoms with Crippen LogP contribution in [-0.2, 0) is 20.7 Å². The number of nitrogens with one attached hydrogen (secondary N) is 2. The second-order valence-electron chi connectivity index (χ2n) is 6.96. The van der Waals surface area contributed by atoms with Gasteiger partial charge in [-0.1, -0.05) is 11.6 Å². The first kappa shape index (κ1) is 18.6. The number of hydrogen-bond donors (Lipinski definition) is 2. The maximum absolute atomic E-state index is 14.4. The van der Waals surface area contributed by atoms with E-state index in [0.717, 1.165) is 0 Å². The molecule has 2 saturated heterocycles. The maximum atomic E-state index is 14.4. The van der Waals surface area contributed by atoms with E-state index in [4.69, 9.17) is 16.3 Å². The lowest BCUT2D eigenvalue weighted by atomic mass is 9.67. The number of rotatable bonds is 0. The Hall–Kier alpha value is -1.78. The lowest BCUT2D eigenvalue weighted by Gasteiger charge is -2.55. The summed E-state index contributed by atoms with van der Waals surface area (Å²) in [6.45, 7) is 3.84. The first-order chi connectivity index (χ1) is 12.7. The van der Waals surface area contributed by atoms with Crippen molar-refractivity contribution in [3.8, 4) is 0 Å². The average molecular weight is 462 g/mol. The summed E-state index contributed by atoms with van der Waals surface area (Å²) >= 11 is 9.29. The molecule has 1 aromatic heterocycles. The minimum Gasteiger partial charge on any atom is -0.372 e. The van der Waals surface area contributed by atoms with E-state index >= 15 is 0 Å². The molecule has 2 N–H and O–H groups in total. The molecule has 0 aliphatic carbocycles. The summed E-state index contributed by atoms with van der Waals surface area (Å²) in [5.41, 5.74) is -1.02. The van der Waals surface area contributed by atoms with Gasteiger partial charge in [-0.2, -0.15) is 0 Å². The summed E-state index contributed by atoms with van der Waals surface area (Å²) in [4.78, 5) is 43.3. The van der Waals surface area contributed by atoms with Crippen LogP contribution in [0.4, 0.5) is 14.9 Å². The number of urea groups is 1. The second-order valence-corrected chi connectivity index (χ2v) is 8.09. The Morgan fingerprint density at radius 1 is 1.30 bits per heavy atom. The van der Waals surface area contributed by atoms with Crippen LogP contribution in [0.5, 0.6) is 0 Å². The third-order valence-electron chi connectivity index (χ3n) is 5.27. The third-order valence-corrected chi connectivity index (χ3v) is 6.14. The average Bonchev–Trinajstić information content (AvgIpc) is 2.56. The van der Waals surface area contributed by atoms with E-state index in [1.807, 2.05) is 6.92 Å². The van der Waals surface area contributed by atoms with Crippen molar-refractivity contribution in [2.75, 3.05) is 11.4 Å². The Bertz CT molecular complexity index is 878. The van der Waals surface area contributed by atoms with Crippen molar-refractivity contribution in [1.29, 1.82) is 0 Å². The fraction of sp³-hybridized carbons (Fsp3) is 0.500. The summed E-state index contributed by atoms with van der Waals surface area (Å²) in [7, 11) is 0. The molecule has 4 heterocycles. The van der Waals surface area contributed by atoms with Crippen molar-refractivity contribution in [1.82, 2.24) is 15.6 Å². The standard InChI is InChI=1S/C16H15BrClFN4O4/c1-5-4-23-10-7(20-12(17)9(19)8(10)18)3-16(11(23)6(2)27-5)13(24)21-15(26)22-14(16)25/h5-6,11H,3-4H2,1-2H3,(H2,21,22,24,25,26)/t5-,6+,11-/m1/s1. The number of barbiturate groups is 1. The Morgan fingerprint density at radius 3 is 2.56 bits per heavy atom. The van der Waals surface area contributed by atoms with Gasteiger partial charge in [-0.15, -0.1) is 0 Å². The predicted molar refractivity (Wildman–Crippen MR) is 95.9 cm³/mol. The number of aromatic nitrogens is 1. The highest BCUT2D eigenvalue weighted by Crippen LogP contribution is 2.49. The maximum Gasteiger partial charge on any atom is 0.328 e. The first-order valence-corrected chi connectivity index (χ1v) is 9.46. The highest BCUT2D eigenvalue weighted by molar-refractivity contribution is 9.10. The number of carbonyl (C=O) groups excluding carboxylic acids is 3. The zero-order valence-corrected chi connectivity index (χ0v) is 16.6. The SMILES string of the molecule is C[C@@H]1CN2c3c(nc(Br)c(F)c3Cl)CC3(C(=O)NC(=O)NC3=O)[C@H]2[C@H](C)O1. The van der Waals surface area contributed by atoms with Gasteiger partial charge >= 0.3 is 6.03 Å². The van der Waals surface area contributed by atoms with Crippen LogP contribution in [0.25, 0.3) is 0 Å². The molecule has 1 spiro atoms. The van der Waals surface area contributed by atoms with E-state index in [2.05, 4.69) is 31.5 Å². The van der Waals surface area contributed by atoms with Crippen molar-refractivity contribution in [3.63, 3.8) is 0 Å². The minimum absolute atomic E-state index is 0.109. The molecule has 4 amide bonds. The van der Waals surface area contributed by atoms with Gasteiger partial charge in [-0.25, -0.2) is 14.2 Å². The van der Waals surface area contributed by atoms with Crippen molar-refractivity contribution < 1.29 is 23.5 Å². The molecule has 11 heteroatoms. The van der Waals surface area contributed by atoms with Crippen LogP contribution in [0.3, 0.4) is 0 Å². The largest absolute Gasteiger partial charge is 0.372 e. The lowest BCUT2D eigenvalue weighted by Crippen LogP contribution is -2.75. The van der Waals surface area contributed by atoms with E-state index in [1.54, 1.807) is 11.8 Å². The number of anilines is 1. The second kappa shape index (κ2) is 6.11. The molecule has 4 rings (SSSR count). The lowest BCUT2D eigenvalue weighted by molar-refractivity contribution is -0.153. The molecule has 144 valence electrons. The van der Waals surface area contributed by atoms with Crippen molar-refractivity contribution in [2.45, 2.75) is 38.5 Å². The van der Waals surface area contributed by atoms with Crippen molar-refractivity contribution >= 4 is 51.1 Å². The number of amides is 4. The highest BCUT2D eigenvalue weighted by atomic mass is 79.9. The Labute approximate surface area is 166 Å². The number of imide groups is 2. The van der Waals surface area contributed by atoms with Crippen LogP contribution in [0, 0.1) is 11.2 Å². The van der Waals surface area contributed by atoms with Gasteiger partial charge in [0.15, 0.2) is 11.2 Å². The normalized spacial score (nSPS) is 29.1. The number of carbonyl (C=O) groups is 3. The number of ether oxygens (including phenoxy) is 1. The smallest absolute Gasteiger partial charge is 0.328 e. The van der Waals surface area contributed by atoms with Crippen LogP contribution in [-0.4, -0.2) is 47.6 Å². The first-order valence-electron chi connectivity index (χ1n) is 8.29. The van der Waals surface area contributed by atoms with Crippen LogP contribution in [0.15, 0.2) is 4.60 Å². The van der Waals surface area contributed by atoms with E-state index in [1.165, 1.54) is 0 Å². The van der Waals surface area contributed by atoms with E-state index < -0.39 is 41.2 Å². The summed E-state index contributed by atoms with van der Waals surface area (Å²) in [6.07, 6.45) is -0.956. The molecule has 3 atom stereocenters. The van der Waals surface area contributed by atoms with Gasteiger partial charge in [0, 0.05) is 13.0 Å². The summed E-state index contributed by atoms with van der Waals surface area (Å²) < 4.78 is 20.2. The summed E-state index contributed by atoms with van der Waals surface area (Å²) in [5, 5.41) is 4.20. The van der Waals surface area contributed by atoms with Crippen LogP contribution in [0.2, 0.25) is 5.02 Å². The van der Waals surface area contributed by atoms with Gasteiger partial charge < -0.3 is 9.64 Å². The monoisotopic (exact) mass is 460 g/mol. The quantitative estimate of drug-likeness (QED) is 0.449. The molecule has 8 nitrogen and oxygen atoms in total. The van der Waals surface area contributed by atoms with Gasteiger partial charge in [0.1, 0.15) is 9.63 Å². The predicted octanol–water partition coefficient (Wildman–Crippen LogP) is 1.53. The fourth-order valence-corrected chi connectivity index (χ4v) is 5.18. The highest BCUT2D eigenvalue weighted by Gasteiger charge is 2.63. The molecule has 3 aliphatic heterocycles. The molecule has 0 radical (unpaired) electrons. The summed E-state index contributed by atoms with van der Waals surface area (Å²) in [5.74, 6) is -2.19. The minimum atomic E-state index is -1.66. The molecule has 0 saturated carbocycles. The molecule has 1 aromatic rings. The summed E-state index contributed by atoms with van der Waals surface area (Å²) in [6, 6.07) is -1.66. The van der Waals surface area contributed by atoms with Gasteiger partial charge in [-0.05, 0) is 29.8 Å². The van der Waals surface area contributed by atoms with Gasteiger partial charge in [0.2, 0.25) is 11.8 Å². The molecule has 0 bridgehead atoms. The molecule has 0 unspecified atom stereocenters. The molecular formula is C16H15BrClFN4O4. The third kappa shape index (κ3) is 2.50. The Morgan fingerprint density at radius 2 is 1.93 bits per heavy atom. The number of fused-ring (bicyclic) bond motifs is 4. The van der Waals surface area contributed by atoms with E-state index in [9.17, 15) is 18.8 Å². The molecule has 2 fully saturated rings. The van der Waals surface area contributed by atoms with Crippen LogP contribution in [0.1, 0.15) is 19.5 Å². The number of halogens is 3. The van der Waals surface area contributed by atoms with Gasteiger partial charge in [0.05, 0.1) is 29.6 Å². The van der Waals surface area contributed by atoms with Crippen LogP contribution < -0.4 is 15.5 Å². The topological polar surface area (TPSA) is 101 Å². The number of nitrogens with zero attached hydrogens (tertiary/aromatic N) is 2. The molecule has 3 aliphatic rings. The number of hydrogen-bond acceptors (Lipinski definition) is 6. The van der Waals surface area contributed by atoms with Crippen LogP contribution >= 0.6 is 27.5 Å². The number of morpholine rings is 1. The van der Waals surface area contributed by atoms with Gasteiger partial charge in [-0.3, -0.25) is 20.2 Å². The molecule has 0 aromatic carbocycles. The molecular weight excluding hydrogens is 447 g/mol. The van der Waals surface area contributed by atoms with E-state index in [-0.39, 0.29) is 28.7 Å². The number of pyridine rings is 1. The Balaban J connectivity index is 1.97. The Kier molecular flexibility index (Phi) is 4.21. The fourth-order valence-electron chi connectivity index (χ4n) is 4.34. The van der Waals surface area contributed by atoms with Crippen molar-refractivity contribution in [2.24, 2.45) is 5.41 Å². The van der Waals surface area contributed by atoms with E-state index in [0.29, 0.717) is 11.4 Å². The van der Waals surface area contributed by atoms with Gasteiger partial charge in [0.25, 0.3) is 0 Å². The zero-order valence-electron chi connectivity index (χ0n) is 14.3. The van der Waals surface area contributed by atoms with Crippen molar-refractivity contribution in [3.05, 3.63) is 21.1 Å². The zero-order chi connectivity index (χ0) is 19.7. The molecule has 27 heavy (non-hydrogen) atoms.